The molecule has 0 aliphatic rings. The monoisotopic (exact) mass is 255 g/mol. The molecule has 3 heteroatoms. The summed E-state index contributed by atoms with van der Waals surface area (Å²) < 4.78 is 0. The van der Waals surface area contributed by atoms with Gasteiger partial charge in [0.15, 0.2) is 0 Å². The van der Waals surface area contributed by atoms with E-state index in [2.05, 4.69) is 17.6 Å². The Morgan fingerprint density at radius 2 is 1.74 bits per heavy atom. The van der Waals surface area contributed by atoms with Gasteiger partial charge >= 0.3 is 0 Å². The Morgan fingerprint density at radius 1 is 1.05 bits per heavy atom. The van der Waals surface area contributed by atoms with Crippen LogP contribution in [-0.2, 0) is 11.3 Å². The van der Waals surface area contributed by atoms with Crippen LogP contribution in [0.15, 0.2) is 54.6 Å². The SMILES string of the molecule is CCONC(=O)c1ccccc1Cc1ccccc1. The van der Waals surface area contributed by atoms with E-state index in [1.807, 2.05) is 49.4 Å². The van der Waals surface area contributed by atoms with Gasteiger partial charge < -0.3 is 0 Å². The number of hydrogen-bond acceptors (Lipinski definition) is 2. The lowest BCUT2D eigenvalue weighted by molar-refractivity contribution is 0.0364. The summed E-state index contributed by atoms with van der Waals surface area (Å²) in [4.78, 5) is 16.9. The van der Waals surface area contributed by atoms with Gasteiger partial charge in [-0.05, 0) is 30.5 Å². The fourth-order valence-electron chi connectivity index (χ4n) is 1.90. The van der Waals surface area contributed by atoms with Crippen molar-refractivity contribution in [2.45, 2.75) is 13.3 Å². The summed E-state index contributed by atoms with van der Waals surface area (Å²) in [6.45, 7) is 2.28. The van der Waals surface area contributed by atoms with E-state index in [9.17, 15) is 4.79 Å². The smallest absolute Gasteiger partial charge is 0.274 e. The highest BCUT2D eigenvalue weighted by Gasteiger charge is 2.10. The third kappa shape index (κ3) is 3.66. The molecular weight excluding hydrogens is 238 g/mol. The highest BCUT2D eigenvalue weighted by molar-refractivity contribution is 5.95. The lowest BCUT2D eigenvalue weighted by atomic mass is 9.99. The second kappa shape index (κ2) is 6.71. The Morgan fingerprint density at radius 3 is 2.47 bits per heavy atom. The first-order valence-corrected chi connectivity index (χ1v) is 6.35. The van der Waals surface area contributed by atoms with Crippen LogP contribution >= 0.6 is 0 Å². The van der Waals surface area contributed by atoms with Gasteiger partial charge in [0.05, 0.1) is 6.61 Å². The van der Waals surface area contributed by atoms with Crippen LogP contribution in [0.5, 0.6) is 0 Å². The summed E-state index contributed by atoms with van der Waals surface area (Å²) in [6, 6.07) is 17.7. The average molecular weight is 255 g/mol. The van der Waals surface area contributed by atoms with E-state index in [0.717, 1.165) is 12.0 Å². The van der Waals surface area contributed by atoms with E-state index in [1.165, 1.54) is 5.56 Å². The Bertz CT molecular complexity index is 537. The molecule has 2 aromatic carbocycles. The van der Waals surface area contributed by atoms with E-state index < -0.39 is 0 Å². The molecule has 0 saturated heterocycles. The second-order valence-electron chi connectivity index (χ2n) is 4.18. The molecule has 98 valence electrons. The van der Waals surface area contributed by atoms with Crippen LogP contribution in [0.4, 0.5) is 0 Å². The van der Waals surface area contributed by atoms with Crippen molar-refractivity contribution in [2.75, 3.05) is 6.61 Å². The molecule has 1 N–H and O–H groups in total. The van der Waals surface area contributed by atoms with Crippen molar-refractivity contribution in [3.63, 3.8) is 0 Å². The Kier molecular flexibility index (Phi) is 4.70. The van der Waals surface area contributed by atoms with Crippen LogP contribution in [0.1, 0.15) is 28.4 Å². The molecule has 0 aliphatic carbocycles. The van der Waals surface area contributed by atoms with E-state index in [4.69, 9.17) is 4.84 Å². The molecule has 0 aromatic heterocycles. The molecule has 0 heterocycles. The Balaban J connectivity index is 2.19. The molecule has 0 spiro atoms. The van der Waals surface area contributed by atoms with Crippen molar-refractivity contribution in [3.8, 4) is 0 Å². The zero-order valence-electron chi connectivity index (χ0n) is 10.9. The van der Waals surface area contributed by atoms with Gasteiger partial charge in [0.1, 0.15) is 0 Å². The van der Waals surface area contributed by atoms with Crippen LogP contribution in [0.3, 0.4) is 0 Å². The molecule has 0 atom stereocenters. The molecule has 1 amide bonds. The minimum absolute atomic E-state index is 0.201. The highest BCUT2D eigenvalue weighted by atomic mass is 16.6. The summed E-state index contributed by atoms with van der Waals surface area (Å²) in [6.07, 6.45) is 0.733. The lowest BCUT2D eigenvalue weighted by Gasteiger charge is -2.09. The van der Waals surface area contributed by atoms with Crippen molar-refractivity contribution in [1.82, 2.24) is 5.48 Å². The predicted octanol–water partition coefficient (Wildman–Crippen LogP) is 2.96. The maximum absolute atomic E-state index is 12.0. The maximum Gasteiger partial charge on any atom is 0.275 e. The number of hydrogen-bond donors (Lipinski definition) is 1. The Labute approximate surface area is 113 Å². The van der Waals surface area contributed by atoms with Crippen molar-refractivity contribution >= 4 is 5.91 Å². The van der Waals surface area contributed by atoms with Crippen molar-refractivity contribution < 1.29 is 9.63 Å². The Hall–Kier alpha value is -2.13. The molecule has 2 aromatic rings. The standard InChI is InChI=1S/C16H17NO2/c1-2-19-17-16(18)15-11-7-6-10-14(15)12-13-8-4-3-5-9-13/h3-11H,2,12H2,1H3,(H,17,18). The van der Waals surface area contributed by atoms with Crippen molar-refractivity contribution in [2.24, 2.45) is 0 Å². The molecule has 19 heavy (non-hydrogen) atoms. The molecule has 0 fully saturated rings. The summed E-state index contributed by atoms with van der Waals surface area (Å²) in [5, 5.41) is 0. The molecule has 0 aliphatic heterocycles. The fraction of sp³-hybridized carbons (Fsp3) is 0.188. The molecule has 0 unspecified atom stereocenters. The quantitative estimate of drug-likeness (QED) is 0.834. The lowest BCUT2D eigenvalue weighted by Crippen LogP contribution is -2.24. The molecule has 3 nitrogen and oxygen atoms in total. The van der Waals surface area contributed by atoms with E-state index >= 15 is 0 Å². The van der Waals surface area contributed by atoms with Crippen LogP contribution < -0.4 is 5.48 Å². The van der Waals surface area contributed by atoms with Gasteiger partial charge in [-0.3, -0.25) is 9.63 Å². The maximum atomic E-state index is 12.0. The number of nitrogens with one attached hydrogen (secondary N) is 1. The largest absolute Gasteiger partial charge is 0.275 e. The first-order valence-electron chi connectivity index (χ1n) is 6.35. The molecule has 2 rings (SSSR count). The number of carbonyl (C=O) groups excluding carboxylic acids is 1. The third-order valence-electron chi connectivity index (χ3n) is 2.81. The fourth-order valence-corrected chi connectivity index (χ4v) is 1.90. The highest BCUT2D eigenvalue weighted by Crippen LogP contribution is 2.14. The van der Waals surface area contributed by atoms with Crippen molar-refractivity contribution in [1.29, 1.82) is 0 Å². The molecular formula is C16H17NO2. The molecule has 0 saturated carbocycles. The number of carbonyl (C=O) groups is 1. The van der Waals surface area contributed by atoms with Crippen molar-refractivity contribution in [3.05, 3.63) is 71.3 Å². The van der Waals surface area contributed by atoms with E-state index in [1.54, 1.807) is 0 Å². The van der Waals surface area contributed by atoms with Crippen LogP contribution in [0.25, 0.3) is 0 Å². The third-order valence-corrected chi connectivity index (χ3v) is 2.81. The zero-order chi connectivity index (χ0) is 13.5. The first-order chi connectivity index (χ1) is 9.31. The van der Waals surface area contributed by atoms with Gasteiger partial charge in [0.25, 0.3) is 5.91 Å². The number of hydroxylamine groups is 1. The van der Waals surface area contributed by atoms with Crippen LogP contribution in [-0.4, -0.2) is 12.5 Å². The van der Waals surface area contributed by atoms with E-state index in [-0.39, 0.29) is 5.91 Å². The van der Waals surface area contributed by atoms with Gasteiger partial charge in [-0.25, -0.2) is 5.48 Å². The summed E-state index contributed by atoms with van der Waals surface area (Å²) >= 11 is 0. The second-order valence-corrected chi connectivity index (χ2v) is 4.18. The summed E-state index contributed by atoms with van der Waals surface area (Å²) in [5.41, 5.74) is 5.26. The van der Waals surface area contributed by atoms with Crippen LogP contribution in [0, 0.1) is 0 Å². The van der Waals surface area contributed by atoms with Crippen LogP contribution in [0.2, 0.25) is 0 Å². The minimum Gasteiger partial charge on any atom is -0.274 e. The van der Waals surface area contributed by atoms with Gasteiger partial charge in [0.2, 0.25) is 0 Å². The van der Waals surface area contributed by atoms with Gasteiger partial charge in [-0.15, -0.1) is 0 Å². The van der Waals surface area contributed by atoms with E-state index in [0.29, 0.717) is 12.2 Å². The summed E-state index contributed by atoms with van der Waals surface area (Å²) in [7, 11) is 0. The number of rotatable bonds is 5. The summed E-state index contributed by atoms with van der Waals surface area (Å²) in [5.74, 6) is -0.201. The van der Waals surface area contributed by atoms with Gasteiger partial charge in [-0.1, -0.05) is 48.5 Å². The molecule has 0 radical (unpaired) electrons. The zero-order valence-corrected chi connectivity index (χ0v) is 10.9. The first kappa shape index (κ1) is 13.3. The minimum atomic E-state index is -0.201. The number of benzene rings is 2. The number of amides is 1. The average Bonchev–Trinajstić information content (AvgIpc) is 2.46. The normalized spacial score (nSPS) is 10.2. The predicted molar refractivity (Wildman–Crippen MR) is 74.8 cm³/mol. The van der Waals surface area contributed by atoms with Gasteiger partial charge in [-0.2, -0.15) is 0 Å². The molecule has 0 bridgehead atoms. The van der Waals surface area contributed by atoms with Gasteiger partial charge in [0, 0.05) is 5.56 Å². The topological polar surface area (TPSA) is 38.3 Å².